The molecule has 0 fully saturated rings. The van der Waals surface area contributed by atoms with Gasteiger partial charge in [0, 0.05) is 18.2 Å². The molecule has 0 aliphatic rings. The summed E-state index contributed by atoms with van der Waals surface area (Å²) < 4.78 is 23.7. The molecule has 12 heavy (non-hydrogen) atoms. The summed E-state index contributed by atoms with van der Waals surface area (Å²) in [5.41, 5.74) is -0.312. The predicted octanol–water partition coefficient (Wildman–Crippen LogP) is 1.24. The van der Waals surface area contributed by atoms with E-state index in [0.717, 1.165) is 6.07 Å². The third-order valence-corrected chi connectivity index (χ3v) is 1.39. The molecule has 1 aromatic rings. The molecule has 0 spiro atoms. The Morgan fingerprint density at radius 3 is 2.67 bits per heavy atom. The van der Waals surface area contributed by atoms with E-state index in [4.69, 9.17) is 0 Å². The molecule has 0 amide bonds. The number of hydrogen-bond acceptors (Lipinski definition) is 2. The van der Waals surface area contributed by atoms with Crippen molar-refractivity contribution in [1.82, 2.24) is 9.97 Å². The number of halogens is 2. The molecule has 0 aliphatic heterocycles. The molecule has 0 aliphatic carbocycles. The van der Waals surface area contributed by atoms with Crippen LogP contribution in [0, 0.1) is 4.77 Å². The fraction of sp³-hybridized carbons (Fsp3) is 0.333. The van der Waals surface area contributed by atoms with Gasteiger partial charge in [-0.1, -0.05) is 0 Å². The zero-order valence-electron chi connectivity index (χ0n) is 5.93. The summed E-state index contributed by atoms with van der Waals surface area (Å²) >= 11 is 4.58. The van der Waals surface area contributed by atoms with E-state index in [1.165, 1.54) is 0 Å². The highest BCUT2D eigenvalue weighted by Gasteiger charge is 2.04. The Bertz CT molecular complexity index is 342. The number of hydrogen-bond donors (Lipinski definition) is 2. The van der Waals surface area contributed by atoms with Gasteiger partial charge in [0.15, 0.2) is 4.77 Å². The number of aromatic amines is 2. The molecule has 0 bridgehead atoms. The second kappa shape index (κ2) is 3.57. The maximum atomic E-state index is 11.8. The first-order valence-electron chi connectivity index (χ1n) is 3.18. The van der Waals surface area contributed by atoms with Crippen molar-refractivity contribution in [3.8, 4) is 0 Å². The van der Waals surface area contributed by atoms with E-state index in [0.29, 0.717) is 0 Å². The highest BCUT2D eigenvalue weighted by atomic mass is 32.1. The van der Waals surface area contributed by atoms with Crippen molar-refractivity contribution in [3.05, 3.63) is 26.9 Å². The lowest BCUT2D eigenvalue weighted by Gasteiger charge is -1.98. The minimum Gasteiger partial charge on any atom is -0.336 e. The molecule has 0 saturated carbocycles. The number of nitrogens with one attached hydrogen (secondary N) is 2. The Morgan fingerprint density at radius 1 is 1.50 bits per heavy atom. The fourth-order valence-electron chi connectivity index (χ4n) is 0.796. The molecular formula is C6H6F2N2OS. The summed E-state index contributed by atoms with van der Waals surface area (Å²) in [5.74, 6) is 0. The number of rotatable bonds is 2. The summed E-state index contributed by atoms with van der Waals surface area (Å²) in [6.07, 6.45) is -2.95. The van der Waals surface area contributed by atoms with Gasteiger partial charge >= 0.3 is 0 Å². The fourth-order valence-corrected chi connectivity index (χ4v) is 1.03. The highest BCUT2D eigenvalue weighted by molar-refractivity contribution is 7.71. The van der Waals surface area contributed by atoms with Crippen molar-refractivity contribution in [2.24, 2.45) is 0 Å². The van der Waals surface area contributed by atoms with Gasteiger partial charge in [-0.05, 0) is 12.2 Å². The minimum atomic E-state index is -2.47. The molecule has 0 aromatic carbocycles. The Kier molecular flexibility index (Phi) is 2.69. The number of H-pyrrole nitrogens is 2. The lowest BCUT2D eigenvalue weighted by atomic mass is 10.3. The van der Waals surface area contributed by atoms with Gasteiger partial charge in [0.25, 0.3) is 5.56 Å². The molecule has 1 heterocycles. The SMILES string of the molecule is O=c1cc(CC(F)F)[nH]c(=S)[nH]1. The second-order valence-corrected chi connectivity index (χ2v) is 2.62. The van der Waals surface area contributed by atoms with Gasteiger partial charge in [-0.3, -0.25) is 9.78 Å². The summed E-state index contributed by atoms with van der Waals surface area (Å²) in [7, 11) is 0. The van der Waals surface area contributed by atoms with E-state index >= 15 is 0 Å². The number of alkyl halides is 2. The van der Waals surface area contributed by atoms with E-state index < -0.39 is 18.4 Å². The topological polar surface area (TPSA) is 48.6 Å². The van der Waals surface area contributed by atoms with E-state index in [2.05, 4.69) is 22.2 Å². The average molecular weight is 192 g/mol. The second-order valence-electron chi connectivity index (χ2n) is 2.21. The zero-order chi connectivity index (χ0) is 9.14. The average Bonchev–Trinajstić information content (AvgIpc) is 1.81. The summed E-state index contributed by atoms with van der Waals surface area (Å²) in [5, 5.41) is 0. The van der Waals surface area contributed by atoms with Crippen molar-refractivity contribution in [2.45, 2.75) is 12.8 Å². The van der Waals surface area contributed by atoms with Crippen LogP contribution >= 0.6 is 12.2 Å². The molecule has 0 atom stereocenters. The van der Waals surface area contributed by atoms with Gasteiger partial charge in [0.2, 0.25) is 6.43 Å². The molecule has 0 unspecified atom stereocenters. The predicted molar refractivity (Wildman–Crippen MR) is 42.0 cm³/mol. The maximum absolute atomic E-state index is 11.8. The van der Waals surface area contributed by atoms with Crippen LogP contribution in [0.15, 0.2) is 10.9 Å². The van der Waals surface area contributed by atoms with Crippen LogP contribution in [0.2, 0.25) is 0 Å². The van der Waals surface area contributed by atoms with E-state index in [1.54, 1.807) is 0 Å². The van der Waals surface area contributed by atoms with Crippen LogP contribution in [0.25, 0.3) is 0 Å². The van der Waals surface area contributed by atoms with E-state index in [9.17, 15) is 13.6 Å². The van der Waals surface area contributed by atoms with Gasteiger partial charge < -0.3 is 4.98 Å². The lowest BCUT2D eigenvalue weighted by molar-refractivity contribution is 0.147. The molecule has 0 saturated heterocycles. The molecular weight excluding hydrogens is 186 g/mol. The van der Waals surface area contributed by atoms with Crippen LogP contribution in [0.3, 0.4) is 0 Å². The van der Waals surface area contributed by atoms with Crippen LogP contribution in [0.4, 0.5) is 8.78 Å². The first-order chi connectivity index (χ1) is 5.58. The van der Waals surface area contributed by atoms with Crippen LogP contribution in [0.1, 0.15) is 5.69 Å². The van der Waals surface area contributed by atoms with Crippen LogP contribution < -0.4 is 5.56 Å². The van der Waals surface area contributed by atoms with Crippen molar-refractivity contribution in [2.75, 3.05) is 0 Å². The maximum Gasteiger partial charge on any atom is 0.251 e. The number of aromatic nitrogens is 2. The molecule has 1 rings (SSSR count). The largest absolute Gasteiger partial charge is 0.336 e. The van der Waals surface area contributed by atoms with Crippen molar-refractivity contribution in [3.63, 3.8) is 0 Å². The van der Waals surface area contributed by atoms with E-state index in [1.807, 2.05) is 0 Å². The third kappa shape index (κ3) is 2.54. The van der Waals surface area contributed by atoms with Crippen LogP contribution in [-0.2, 0) is 6.42 Å². The van der Waals surface area contributed by atoms with E-state index in [-0.39, 0.29) is 10.5 Å². The smallest absolute Gasteiger partial charge is 0.251 e. The molecule has 1 aromatic heterocycles. The summed E-state index contributed by atoms with van der Waals surface area (Å²) in [6.45, 7) is 0. The Hall–Kier alpha value is -1.04. The first kappa shape index (κ1) is 9.05. The summed E-state index contributed by atoms with van der Waals surface area (Å²) in [4.78, 5) is 15.4. The molecule has 0 radical (unpaired) electrons. The Labute approximate surface area is 71.5 Å². The molecule has 3 nitrogen and oxygen atoms in total. The van der Waals surface area contributed by atoms with Gasteiger partial charge in [-0.2, -0.15) is 0 Å². The monoisotopic (exact) mass is 192 g/mol. The highest BCUT2D eigenvalue weighted by Crippen LogP contribution is 2.00. The first-order valence-corrected chi connectivity index (χ1v) is 3.59. The van der Waals surface area contributed by atoms with Crippen molar-refractivity contribution >= 4 is 12.2 Å². The Morgan fingerprint density at radius 2 is 2.17 bits per heavy atom. The van der Waals surface area contributed by atoms with Crippen LogP contribution in [-0.4, -0.2) is 16.4 Å². The van der Waals surface area contributed by atoms with Gasteiger partial charge in [-0.15, -0.1) is 0 Å². The Balaban J connectivity index is 3.01. The molecule has 66 valence electrons. The molecule has 6 heteroatoms. The van der Waals surface area contributed by atoms with Crippen molar-refractivity contribution in [1.29, 1.82) is 0 Å². The summed E-state index contributed by atoms with van der Waals surface area (Å²) in [6, 6.07) is 1.07. The quantitative estimate of drug-likeness (QED) is 0.692. The normalized spacial score (nSPS) is 10.6. The standard InChI is InChI=1S/C6H6F2N2OS/c7-4(8)1-3-2-5(11)10-6(12)9-3/h2,4H,1H2,(H2,9,10,11,12). The lowest BCUT2D eigenvalue weighted by Crippen LogP contribution is -2.10. The van der Waals surface area contributed by atoms with Gasteiger partial charge in [0.1, 0.15) is 0 Å². The minimum absolute atomic E-state index is 0.0677. The van der Waals surface area contributed by atoms with Gasteiger partial charge in [-0.25, -0.2) is 8.78 Å². The van der Waals surface area contributed by atoms with Gasteiger partial charge in [0.05, 0.1) is 0 Å². The molecule has 2 N–H and O–H groups in total. The van der Waals surface area contributed by atoms with Crippen LogP contribution in [0.5, 0.6) is 0 Å². The van der Waals surface area contributed by atoms with Crippen molar-refractivity contribution < 1.29 is 8.78 Å². The zero-order valence-corrected chi connectivity index (χ0v) is 6.75. The third-order valence-electron chi connectivity index (χ3n) is 1.19.